The molecule has 0 amide bonds. The Kier molecular flexibility index (Phi) is 7.76. The second-order valence-electron chi connectivity index (χ2n) is 9.12. The van der Waals surface area contributed by atoms with E-state index in [4.69, 9.17) is 14.1 Å². The minimum Gasteiger partial charge on any atom is -0.466 e. The van der Waals surface area contributed by atoms with E-state index in [0.717, 1.165) is 36.7 Å². The van der Waals surface area contributed by atoms with E-state index in [1.165, 1.54) is 0 Å². The van der Waals surface area contributed by atoms with Gasteiger partial charge in [-0.25, -0.2) is 0 Å². The smallest absolute Gasteiger partial charge is 0.191 e. The number of aliphatic imine (C=N–C) groups is 1. The van der Waals surface area contributed by atoms with E-state index in [2.05, 4.69) is 43.2 Å². The Labute approximate surface area is 175 Å². The molecule has 166 valence electrons. The lowest BCUT2D eigenvalue weighted by atomic mass is 9.96. The third kappa shape index (κ3) is 6.46. The van der Waals surface area contributed by atoms with Crippen LogP contribution in [0.3, 0.4) is 0 Å². The van der Waals surface area contributed by atoms with Crippen LogP contribution in [0.1, 0.15) is 58.6 Å². The minimum absolute atomic E-state index is 0.0879. The first-order valence-corrected chi connectivity index (χ1v) is 10.7. The summed E-state index contributed by atoms with van der Waals surface area (Å²) >= 11 is 0. The molecule has 2 rings (SSSR count). The predicted octanol–water partition coefficient (Wildman–Crippen LogP) is 2.55. The highest BCUT2D eigenvalue weighted by Crippen LogP contribution is 2.26. The van der Waals surface area contributed by atoms with Gasteiger partial charge in [-0.05, 0) is 61.5 Å². The van der Waals surface area contributed by atoms with Crippen molar-refractivity contribution in [2.75, 3.05) is 32.7 Å². The fourth-order valence-electron chi connectivity index (χ4n) is 3.90. The predicted molar refractivity (Wildman–Crippen MR) is 117 cm³/mol. The summed E-state index contributed by atoms with van der Waals surface area (Å²) in [4.78, 5) is 7.26. The highest BCUT2D eigenvalue weighted by molar-refractivity contribution is 5.79. The normalized spacial score (nSPS) is 23.7. The van der Waals surface area contributed by atoms with Crippen LogP contribution in [0.15, 0.2) is 15.5 Å². The zero-order chi connectivity index (χ0) is 21.8. The molecule has 0 bridgehead atoms. The molecule has 7 nitrogen and oxygen atoms in total. The zero-order valence-electron chi connectivity index (χ0n) is 19.4. The van der Waals surface area contributed by atoms with Gasteiger partial charge in [0.05, 0.1) is 25.3 Å². The molecule has 29 heavy (non-hydrogen) atoms. The number of aliphatic hydroxyl groups is 1. The maximum atomic E-state index is 11.0. The lowest BCUT2D eigenvalue weighted by molar-refractivity contribution is -0.0939. The van der Waals surface area contributed by atoms with E-state index in [9.17, 15) is 5.11 Å². The highest BCUT2D eigenvalue weighted by Gasteiger charge is 2.33. The number of rotatable bonds is 7. The molecule has 2 heterocycles. The van der Waals surface area contributed by atoms with E-state index >= 15 is 0 Å². The Hall–Kier alpha value is -1.57. The summed E-state index contributed by atoms with van der Waals surface area (Å²) in [6, 6.07) is 1.89. The lowest BCUT2D eigenvalue weighted by Crippen LogP contribution is -2.56. The molecule has 1 aromatic rings. The van der Waals surface area contributed by atoms with Crippen LogP contribution in [-0.4, -0.2) is 66.4 Å². The van der Waals surface area contributed by atoms with Gasteiger partial charge in [0.25, 0.3) is 0 Å². The largest absolute Gasteiger partial charge is 0.466 e. The minimum atomic E-state index is -1.05. The second-order valence-corrected chi connectivity index (χ2v) is 9.12. The summed E-state index contributed by atoms with van der Waals surface area (Å²) in [7, 11) is 0. The van der Waals surface area contributed by atoms with Crippen molar-refractivity contribution >= 4 is 5.96 Å². The fraction of sp³-hybridized carbons (Fsp3) is 0.773. The number of hydrogen-bond donors (Lipinski definition) is 3. The van der Waals surface area contributed by atoms with Crippen molar-refractivity contribution in [3.8, 4) is 0 Å². The Morgan fingerprint density at radius 3 is 2.34 bits per heavy atom. The standard InChI is InChI=1S/C22H40N4O3/c1-9-23-20(25-14-22(8,27)19-10-15(2)29-18(19)5)24-13-21(6,7)26-11-16(3)28-17(4)12-26/h10,16-17,27H,9,11-14H2,1-8H3,(H2,23,24,25). The van der Waals surface area contributed by atoms with Crippen molar-refractivity contribution < 1.29 is 14.3 Å². The number of nitrogens with zero attached hydrogens (tertiary/aromatic N) is 2. The number of hydrogen-bond acceptors (Lipinski definition) is 5. The molecular weight excluding hydrogens is 368 g/mol. The molecule has 3 N–H and O–H groups in total. The number of guanidine groups is 1. The van der Waals surface area contributed by atoms with Crippen LogP contribution in [0.5, 0.6) is 0 Å². The average Bonchev–Trinajstić information content (AvgIpc) is 2.96. The van der Waals surface area contributed by atoms with Crippen LogP contribution in [-0.2, 0) is 10.3 Å². The molecule has 0 radical (unpaired) electrons. The SMILES string of the molecule is CCNC(=NCC(C)(C)N1CC(C)OC(C)C1)NCC(C)(O)c1cc(C)oc1C. The maximum Gasteiger partial charge on any atom is 0.191 e. The molecule has 0 aromatic carbocycles. The molecule has 3 unspecified atom stereocenters. The summed E-state index contributed by atoms with van der Waals surface area (Å²) < 4.78 is 11.4. The molecule has 1 aliphatic heterocycles. The van der Waals surface area contributed by atoms with Crippen molar-refractivity contribution in [1.29, 1.82) is 0 Å². The molecule has 1 aliphatic rings. The van der Waals surface area contributed by atoms with Crippen LogP contribution in [0.25, 0.3) is 0 Å². The molecule has 1 aromatic heterocycles. The summed E-state index contributed by atoms with van der Waals surface area (Å²) in [6.45, 7) is 19.8. The van der Waals surface area contributed by atoms with Crippen LogP contribution in [0, 0.1) is 13.8 Å². The maximum absolute atomic E-state index is 11.0. The van der Waals surface area contributed by atoms with E-state index in [-0.39, 0.29) is 17.7 Å². The third-order valence-electron chi connectivity index (χ3n) is 5.47. The molecule has 1 saturated heterocycles. The molecule has 7 heteroatoms. The number of nitrogens with one attached hydrogen (secondary N) is 2. The Balaban J connectivity index is 2.04. The van der Waals surface area contributed by atoms with Gasteiger partial charge in [0.1, 0.15) is 17.1 Å². The van der Waals surface area contributed by atoms with Gasteiger partial charge in [0.15, 0.2) is 5.96 Å². The van der Waals surface area contributed by atoms with Crippen molar-refractivity contribution in [3.05, 3.63) is 23.2 Å². The Morgan fingerprint density at radius 2 is 1.83 bits per heavy atom. The first kappa shape index (κ1) is 23.7. The Morgan fingerprint density at radius 1 is 1.21 bits per heavy atom. The van der Waals surface area contributed by atoms with Crippen molar-refractivity contribution in [1.82, 2.24) is 15.5 Å². The third-order valence-corrected chi connectivity index (χ3v) is 5.47. The number of ether oxygens (including phenoxy) is 1. The molecule has 3 atom stereocenters. The summed E-state index contributed by atoms with van der Waals surface area (Å²) in [5, 5.41) is 17.5. The first-order chi connectivity index (χ1) is 13.4. The van der Waals surface area contributed by atoms with Crippen LogP contribution in [0.2, 0.25) is 0 Å². The van der Waals surface area contributed by atoms with E-state index < -0.39 is 5.60 Å². The fourth-order valence-corrected chi connectivity index (χ4v) is 3.90. The Bertz CT molecular complexity index is 686. The van der Waals surface area contributed by atoms with E-state index in [0.29, 0.717) is 19.0 Å². The van der Waals surface area contributed by atoms with E-state index in [1.807, 2.05) is 26.8 Å². The highest BCUT2D eigenvalue weighted by atomic mass is 16.5. The summed E-state index contributed by atoms with van der Waals surface area (Å²) in [5.41, 5.74) is -0.340. The van der Waals surface area contributed by atoms with Crippen LogP contribution in [0.4, 0.5) is 0 Å². The number of aryl methyl sites for hydroxylation is 2. The van der Waals surface area contributed by atoms with Gasteiger partial charge in [-0.3, -0.25) is 9.89 Å². The summed E-state index contributed by atoms with van der Waals surface area (Å²) in [6.07, 6.45) is 0.454. The van der Waals surface area contributed by atoms with Crippen LogP contribution >= 0.6 is 0 Å². The average molecular weight is 409 g/mol. The molecule has 0 spiro atoms. The van der Waals surface area contributed by atoms with Gasteiger partial charge in [-0.2, -0.15) is 0 Å². The second kappa shape index (κ2) is 9.49. The monoisotopic (exact) mass is 408 g/mol. The van der Waals surface area contributed by atoms with Crippen molar-refractivity contribution in [2.45, 2.75) is 78.7 Å². The number of morpholine rings is 1. The van der Waals surface area contributed by atoms with Gasteiger partial charge in [0.2, 0.25) is 0 Å². The lowest BCUT2D eigenvalue weighted by Gasteiger charge is -2.44. The first-order valence-electron chi connectivity index (χ1n) is 10.7. The van der Waals surface area contributed by atoms with Gasteiger partial charge in [-0.15, -0.1) is 0 Å². The van der Waals surface area contributed by atoms with Crippen LogP contribution < -0.4 is 10.6 Å². The summed E-state index contributed by atoms with van der Waals surface area (Å²) in [5.74, 6) is 2.25. The number of furan rings is 1. The molecular formula is C22H40N4O3. The van der Waals surface area contributed by atoms with E-state index in [1.54, 1.807) is 6.92 Å². The zero-order valence-corrected chi connectivity index (χ0v) is 19.4. The van der Waals surface area contributed by atoms with Crippen molar-refractivity contribution in [2.24, 2.45) is 4.99 Å². The van der Waals surface area contributed by atoms with Crippen molar-refractivity contribution in [3.63, 3.8) is 0 Å². The molecule has 0 aliphatic carbocycles. The topological polar surface area (TPSA) is 82.3 Å². The van der Waals surface area contributed by atoms with Gasteiger partial charge < -0.3 is 24.9 Å². The quantitative estimate of drug-likeness (QED) is 0.475. The van der Waals surface area contributed by atoms with Gasteiger partial charge in [-0.1, -0.05) is 0 Å². The molecule has 0 saturated carbocycles. The van der Waals surface area contributed by atoms with Gasteiger partial charge in [0, 0.05) is 30.7 Å². The van der Waals surface area contributed by atoms with Gasteiger partial charge >= 0.3 is 0 Å². The molecule has 1 fully saturated rings.